The van der Waals surface area contributed by atoms with Crippen molar-refractivity contribution in [3.63, 3.8) is 0 Å². The van der Waals surface area contributed by atoms with E-state index in [2.05, 4.69) is 114 Å². The first-order chi connectivity index (χ1) is 20.9. The van der Waals surface area contributed by atoms with Crippen LogP contribution >= 0.6 is 48.0 Å². The molecule has 0 aliphatic heterocycles. The van der Waals surface area contributed by atoms with Crippen molar-refractivity contribution >= 4 is 52.2 Å². The second-order valence-corrected chi connectivity index (χ2v) is 12.8. The van der Waals surface area contributed by atoms with Gasteiger partial charge in [-0.3, -0.25) is 6.08 Å². The van der Waals surface area contributed by atoms with E-state index in [1.54, 1.807) is 12.1 Å². The van der Waals surface area contributed by atoms with Crippen molar-refractivity contribution in [1.29, 1.82) is 0 Å². The molecule has 2 aliphatic rings. The van der Waals surface area contributed by atoms with E-state index in [9.17, 15) is 0 Å². The third kappa shape index (κ3) is 14.2. The van der Waals surface area contributed by atoms with Crippen LogP contribution in [0.4, 0.5) is 0 Å². The van der Waals surface area contributed by atoms with E-state index in [4.69, 9.17) is 23.2 Å². The number of hydrogen-bond donors (Lipinski definition) is 0. The summed E-state index contributed by atoms with van der Waals surface area (Å²) in [4.78, 5) is 0. The van der Waals surface area contributed by atoms with E-state index in [1.807, 2.05) is 36.4 Å². The zero-order valence-electron chi connectivity index (χ0n) is 28.3. The van der Waals surface area contributed by atoms with Gasteiger partial charge in [0.1, 0.15) is 0 Å². The topological polar surface area (TPSA) is 0 Å². The van der Waals surface area contributed by atoms with Gasteiger partial charge in [0.05, 0.1) is 0 Å². The van der Waals surface area contributed by atoms with Gasteiger partial charge in [-0.05, 0) is 37.0 Å². The number of hydrogen-bond acceptors (Lipinski definition) is 0. The standard InChI is InChI=1S/C17H17.C11H17.2C6H4Cl.CH2.2ClH.Zr/c1-10-5-14-9-15-6-11(2)13(4)8-17(15)16(14)7-12(10)3;1-5-9-6-7-10(8-9)11(2,3)4;2*7-6-4-2-1-3-5-6;;;;/h5,7-8H,9H2,1-4H3;7-9H,5H2,1-4H3;2*1-2,4-5H;1H2;2*1H;/q4*-1;;;;. The molecule has 2 aliphatic carbocycles. The molecule has 1 unspecified atom stereocenters. The van der Waals surface area contributed by atoms with E-state index >= 15 is 0 Å². The molecule has 0 fully saturated rings. The summed E-state index contributed by atoms with van der Waals surface area (Å²) >= 11 is 12.3. The number of allylic oxidation sites excluding steroid dienone is 4. The van der Waals surface area contributed by atoms with Gasteiger partial charge in [0.25, 0.3) is 0 Å². The predicted octanol–water partition coefficient (Wildman–Crippen LogP) is 12.7. The van der Waals surface area contributed by atoms with Gasteiger partial charge in [-0.2, -0.15) is 119 Å². The Hall–Kier alpha value is -1.73. The van der Waals surface area contributed by atoms with Crippen LogP contribution in [-0.4, -0.2) is 4.21 Å². The van der Waals surface area contributed by atoms with Gasteiger partial charge in [-0.15, -0.1) is 35.9 Å². The number of aryl methyl sites for hydroxylation is 4. The zero-order chi connectivity index (χ0) is 32.9. The number of benzene rings is 4. The van der Waals surface area contributed by atoms with Crippen LogP contribution in [-0.2, 0) is 30.7 Å². The monoisotopic (exact) mass is 768 g/mol. The molecule has 0 N–H and O–H groups in total. The van der Waals surface area contributed by atoms with E-state index < -0.39 is 0 Å². The molecule has 0 nitrogen and oxygen atoms in total. The summed E-state index contributed by atoms with van der Waals surface area (Å²) in [7, 11) is 0. The molecule has 0 spiro atoms. The Labute approximate surface area is 316 Å². The Balaban J connectivity index is 0.000000608. The summed E-state index contributed by atoms with van der Waals surface area (Å²) in [6, 6.07) is 30.6. The minimum atomic E-state index is 0. The normalized spacial score (nSPS) is 13.1. The number of rotatable bonds is 1. The van der Waals surface area contributed by atoms with Gasteiger partial charge >= 0.3 is 28.4 Å². The Kier molecular flexibility index (Phi) is 21.2. The molecular formula is C41H46Cl4Zr-4. The Morgan fingerprint density at radius 2 is 1.35 bits per heavy atom. The molecule has 246 valence electrons. The summed E-state index contributed by atoms with van der Waals surface area (Å²) in [6.45, 7) is 17.6. The van der Waals surface area contributed by atoms with Crippen molar-refractivity contribution in [2.75, 3.05) is 0 Å². The van der Waals surface area contributed by atoms with Crippen LogP contribution < -0.4 is 0 Å². The molecule has 46 heavy (non-hydrogen) atoms. The third-order valence-electron chi connectivity index (χ3n) is 7.47. The molecule has 1 atom stereocenters. The Bertz CT molecular complexity index is 1440. The van der Waals surface area contributed by atoms with Gasteiger partial charge in [0.2, 0.25) is 0 Å². The van der Waals surface area contributed by atoms with Crippen molar-refractivity contribution < 1.29 is 24.2 Å². The van der Waals surface area contributed by atoms with Crippen LogP contribution in [0, 0.1) is 63.3 Å². The molecule has 4 aromatic carbocycles. The van der Waals surface area contributed by atoms with Crippen LogP contribution in [0.3, 0.4) is 0 Å². The first-order valence-corrected chi connectivity index (χ1v) is 17.4. The molecule has 0 aromatic heterocycles. The zero-order valence-corrected chi connectivity index (χ0v) is 33.9. The van der Waals surface area contributed by atoms with Crippen molar-refractivity contribution in [1.82, 2.24) is 0 Å². The van der Waals surface area contributed by atoms with Gasteiger partial charge in [-0.25, -0.2) is 6.08 Å². The number of fused-ring (bicyclic) bond motifs is 3. The molecule has 0 radical (unpaired) electrons. The molecule has 4 aromatic rings. The summed E-state index contributed by atoms with van der Waals surface area (Å²) in [5, 5.41) is 1.48. The second-order valence-electron chi connectivity index (χ2n) is 11.9. The van der Waals surface area contributed by atoms with Crippen molar-refractivity contribution in [2.24, 2.45) is 11.3 Å². The maximum absolute atomic E-state index is 5.51. The van der Waals surface area contributed by atoms with Crippen LogP contribution in [0.15, 0.2) is 84.5 Å². The Morgan fingerprint density at radius 1 is 0.826 bits per heavy atom. The fourth-order valence-electron chi connectivity index (χ4n) is 4.60. The first-order valence-electron chi connectivity index (χ1n) is 14.9. The minimum absolute atomic E-state index is 0. The molecule has 0 bridgehead atoms. The molecule has 5 heteroatoms. The molecule has 0 amide bonds. The summed E-state index contributed by atoms with van der Waals surface area (Å²) in [6.07, 6.45) is 10.1. The quantitative estimate of drug-likeness (QED) is 0.149. The average Bonchev–Trinajstić information content (AvgIpc) is 3.62. The molecule has 0 heterocycles. The molecule has 6 rings (SSSR count). The third-order valence-corrected chi connectivity index (χ3v) is 7.94. The van der Waals surface area contributed by atoms with Gasteiger partial charge in [0.15, 0.2) is 0 Å². The summed E-state index contributed by atoms with van der Waals surface area (Å²) in [5.41, 5.74) is 12.8. The van der Waals surface area contributed by atoms with E-state index in [-0.39, 0.29) is 24.8 Å². The van der Waals surface area contributed by atoms with Crippen LogP contribution in [0.25, 0.3) is 11.1 Å². The summed E-state index contributed by atoms with van der Waals surface area (Å²) in [5.74, 6) is 0.573. The molecule has 0 saturated carbocycles. The first kappa shape index (κ1) is 44.3. The van der Waals surface area contributed by atoms with Gasteiger partial charge in [-0.1, -0.05) is 87.0 Å². The van der Waals surface area contributed by atoms with E-state index in [1.165, 1.54) is 80.7 Å². The second kappa shape index (κ2) is 22.0. The molecule has 0 saturated heterocycles. The van der Waals surface area contributed by atoms with Crippen molar-refractivity contribution in [3.05, 3.63) is 152 Å². The van der Waals surface area contributed by atoms with Gasteiger partial charge in [0, 0.05) is 0 Å². The summed E-state index contributed by atoms with van der Waals surface area (Å²) < 4.78 is 3.34. The fourth-order valence-corrected chi connectivity index (χ4v) is 4.87. The van der Waals surface area contributed by atoms with Crippen LogP contribution in [0.5, 0.6) is 0 Å². The van der Waals surface area contributed by atoms with E-state index in [0.29, 0.717) is 11.3 Å². The fraction of sp³-hybridized carbons (Fsp3) is 0.293. The van der Waals surface area contributed by atoms with Crippen molar-refractivity contribution in [3.8, 4) is 11.1 Å². The van der Waals surface area contributed by atoms with Crippen LogP contribution in [0.2, 0.25) is 10.0 Å². The number of halogens is 4. The average molecular weight is 772 g/mol. The van der Waals surface area contributed by atoms with E-state index in [0.717, 1.165) is 16.5 Å². The molecular weight excluding hydrogens is 725 g/mol. The SMILES string of the molecule is CCC1[C-]=CC(C(C)(C)C)=C1.Cc1[c-]c2c(cc1C)-c1cc(C)c(C)cc1C2.Cl.Cl.Clc1c[c-]ccc1.Clc1c[c-]ccc1.[CH2]=[Zr]. The Morgan fingerprint density at radius 3 is 1.74 bits per heavy atom. The predicted molar refractivity (Wildman–Crippen MR) is 204 cm³/mol. The van der Waals surface area contributed by atoms with Gasteiger partial charge < -0.3 is 0 Å². The van der Waals surface area contributed by atoms with Crippen LogP contribution in [0.1, 0.15) is 67.5 Å². The van der Waals surface area contributed by atoms with Crippen molar-refractivity contribution in [2.45, 2.75) is 68.2 Å². The maximum atomic E-state index is 5.51.